The van der Waals surface area contributed by atoms with Crippen LogP contribution in [0.1, 0.15) is 90.1 Å². The molecule has 45 heavy (non-hydrogen) atoms. The fourth-order valence-corrected chi connectivity index (χ4v) is 8.16. The molecule has 0 amide bonds. The minimum absolute atomic E-state index is 0.103. The molecule has 244 valence electrons. The van der Waals surface area contributed by atoms with Gasteiger partial charge in [-0.25, -0.2) is 22.2 Å². The van der Waals surface area contributed by atoms with E-state index in [4.69, 9.17) is 9.72 Å². The van der Waals surface area contributed by atoms with Gasteiger partial charge in [-0.2, -0.15) is 0 Å². The van der Waals surface area contributed by atoms with Crippen molar-refractivity contribution in [2.24, 2.45) is 16.7 Å². The summed E-state index contributed by atoms with van der Waals surface area (Å²) in [7, 11) is -4.00. The van der Waals surface area contributed by atoms with Gasteiger partial charge in [0.1, 0.15) is 0 Å². The Morgan fingerprint density at radius 2 is 1.98 bits per heavy atom. The number of sulfonamides is 1. The third-order valence-electron chi connectivity index (χ3n) is 8.93. The van der Waals surface area contributed by atoms with Gasteiger partial charge in [-0.05, 0) is 79.9 Å². The van der Waals surface area contributed by atoms with Gasteiger partial charge < -0.3 is 10.1 Å². The van der Waals surface area contributed by atoms with Crippen molar-refractivity contribution >= 4 is 43.3 Å². The molecule has 2 heterocycles. The van der Waals surface area contributed by atoms with Gasteiger partial charge in [0.15, 0.2) is 5.13 Å². The van der Waals surface area contributed by atoms with Crippen molar-refractivity contribution in [3.63, 3.8) is 0 Å². The number of alkyl halides is 2. The van der Waals surface area contributed by atoms with E-state index in [1.807, 2.05) is 6.08 Å². The molecule has 5 rings (SSSR count). The normalized spacial score (nSPS) is 25.0. The molecule has 1 aromatic heterocycles. The molecule has 1 aliphatic heterocycles. The number of nitrogens with one attached hydrogen (secondary N) is 2. The Kier molecular flexibility index (Phi) is 9.66. The van der Waals surface area contributed by atoms with Crippen LogP contribution in [-0.2, 0) is 14.8 Å². The Balaban J connectivity index is 1.61. The van der Waals surface area contributed by atoms with Gasteiger partial charge >= 0.3 is 0 Å². The third-order valence-corrected chi connectivity index (χ3v) is 11.4. The molecule has 0 spiro atoms. The molecule has 2 atom stereocenters. The van der Waals surface area contributed by atoms with E-state index in [1.54, 1.807) is 43.4 Å². The maximum absolute atomic E-state index is 16.3. The van der Waals surface area contributed by atoms with E-state index in [0.717, 1.165) is 17.8 Å². The van der Waals surface area contributed by atoms with Crippen LogP contribution >= 0.6 is 11.3 Å². The number of fused-ring (bicyclic) bond motifs is 6. The molecule has 2 aliphatic carbocycles. The smallest absolute Gasteiger partial charge is 0.263 e. The standard InChI is InChI=1S/C35H45F2N3O3S2/c1-24-15-16-25(22-29(24)43-21-19-33(2,3)4)31-30-28-14-7-9-17-34(28,5)35(36,37)18-8-6-10-20-38-26-12-11-13-27(23-26)45(41,42)40-32(39-30)44-31/h7,9,11-14,16,22-24,38H,6,8,10,15,17-21H2,1-5H3,(H,39,40). The molecule has 0 saturated carbocycles. The van der Waals surface area contributed by atoms with Gasteiger partial charge in [0, 0.05) is 24.6 Å². The zero-order chi connectivity index (χ0) is 32.5. The number of ether oxygens (including phenoxy) is 1. The summed E-state index contributed by atoms with van der Waals surface area (Å²) in [5, 5.41) is 3.37. The topological polar surface area (TPSA) is 80.3 Å². The predicted octanol–water partition coefficient (Wildman–Crippen LogP) is 9.67. The maximum atomic E-state index is 16.3. The number of hydrogen-bond donors (Lipinski definition) is 2. The molecule has 2 unspecified atom stereocenters. The number of allylic oxidation sites excluding steroid dienone is 8. The van der Waals surface area contributed by atoms with Crippen LogP contribution in [0.25, 0.3) is 11.1 Å². The van der Waals surface area contributed by atoms with Gasteiger partial charge in [-0.15, -0.1) is 0 Å². The summed E-state index contributed by atoms with van der Waals surface area (Å²) in [5.74, 6) is -2.01. The molecule has 4 bridgehead atoms. The number of rotatable bonds is 4. The van der Waals surface area contributed by atoms with Crippen molar-refractivity contribution in [2.75, 3.05) is 23.2 Å². The SMILES string of the molecule is CC1CC=C(c2sc3nc2C2=CC=CCC2(C)C(F)(F)CCCCCNc2cccc(c2)S(=O)(=O)N3)C=C1OCCC(C)(C)C. The molecular formula is C35H45F2N3O3S2. The van der Waals surface area contributed by atoms with E-state index in [9.17, 15) is 8.42 Å². The van der Waals surface area contributed by atoms with Crippen LogP contribution in [-0.4, -0.2) is 32.5 Å². The first kappa shape index (κ1) is 33.4. The number of hydrogen-bond acceptors (Lipinski definition) is 6. The second kappa shape index (κ2) is 13.0. The van der Waals surface area contributed by atoms with Crippen LogP contribution in [0.4, 0.5) is 19.6 Å². The highest BCUT2D eigenvalue weighted by Gasteiger charge is 2.53. The predicted molar refractivity (Wildman–Crippen MR) is 181 cm³/mol. The van der Waals surface area contributed by atoms with Crippen LogP contribution in [0.3, 0.4) is 0 Å². The lowest BCUT2D eigenvalue weighted by Crippen LogP contribution is -2.40. The van der Waals surface area contributed by atoms with Gasteiger partial charge in [0.25, 0.3) is 15.9 Å². The fourth-order valence-electron chi connectivity index (χ4n) is 5.89. The Hall–Kier alpha value is -2.98. The summed E-state index contributed by atoms with van der Waals surface area (Å²) in [6.07, 6.45) is 12.6. The lowest BCUT2D eigenvalue weighted by atomic mass is 9.68. The molecule has 0 radical (unpaired) electrons. The highest BCUT2D eigenvalue weighted by Crippen LogP contribution is 2.55. The zero-order valence-corrected chi connectivity index (χ0v) is 28.5. The van der Waals surface area contributed by atoms with Gasteiger partial charge in [0.2, 0.25) is 0 Å². The van der Waals surface area contributed by atoms with Crippen molar-refractivity contribution in [1.29, 1.82) is 0 Å². The van der Waals surface area contributed by atoms with Crippen molar-refractivity contribution in [2.45, 2.75) is 90.4 Å². The number of aromatic nitrogens is 1. The average molecular weight is 658 g/mol. The summed E-state index contributed by atoms with van der Waals surface area (Å²) < 4.78 is 68.7. The van der Waals surface area contributed by atoms with Gasteiger partial charge in [-0.1, -0.05) is 75.8 Å². The first-order chi connectivity index (χ1) is 21.2. The van der Waals surface area contributed by atoms with E-state index < -0.39 is 21.4 Å². The maximum Gasteiger partial charge on any atom is 0.263 e. The molecule has 10 heteroatoms. The van der Waals surface area contributed by atoms with E-state index in [1.165, 1.54) is 17.4 Å². The summed E-state index contributed by atoms with van der Waals surface area (Å²) in [5.41, 5.74) is 0.876. The summed E-state index contributed by atoms with van der Waals surface area (Å²) in [4.78, 5) is 5.52. The van der Waals surface area contributed by atoms with Crippen LogP contribution in [0.15, 0.2) is 65.3 Å². The number of thiazole rings is 1. The molecule has 0 fully saturated rings. The second-order valence-electron chi connectivity index (χ2n) is 13.8. The minimum atomic E-state index is -4.00. The zero-order valence-electron chi connectivity index (χ0n) is 26.9. The number of benzene rings is 1. The van der Waals surface area contributed by atoms with E-state index in [-0.39, 0.29) is 34.2 Å². The molecule has 6 nitrogen and oxygen atoms in total. The second-order valence-corrected chi connectivity index (χ2v) is 16.5. The first-order valence-corrected chi connectivity index (χ1v) is 18.2. The monoisotopic (exact) mass is 657 g/mol. The highest BCUT2D eigenvalue weighted by molar-refractivity contribution is 7.93. The minimum Gasteiger partial charge on any atom is -0.498 e. The average Bonchev–Trinajstić information content (AvgIpc) is 3.37. The molecule has 2 aromatic rings. The number of anilines is 2. The Labute approximate surface area is 270 Å². The van der Waals surface area contributed by atoms with Crippen molar-refractivity contribution in [1.82, 2.24) is 4.98 Å². The summed E-state index contributed by atoms with van der Waals surface area (Å²) in [6, 6.07) is 6.62. The van der Waals surface area contributed by atoms with Crippen LogP contribution < -0.4 is 10.0 Å². The quantitative estimate of drug-likeness (QED) is 0.342. The van der Waals surface area contributed by atoms with Crippen molar-refractivity contribution in [3.8, 4) is 0 Å². The number of nitrogens with zero attached hydrogens (tertiary/aromatic N) is 1. The Bertz CT molecular complexity index is 1630. The number of halogens is 2. The summed E-state index contributed by atoms with van der Waals surface area (Å²) in [6.45, 7) is 11.4. The summed E-state index contributed by atoms with van der Waals surface area (Å²) >= 11 is 1.17. The molecule has 2 N–H and O–H groups in total. The van der Waals surface area contributed by atoms with E-state index in [0.29, 0.717) is 60.7 Å². The van der Waals surface area contributed by atoms with Crippen molar-refractivity contribution in [3.05, 3.63) is 71.0 Å². The highest BCUT2D eigenvalue weighted by atomic mass is 32.2. The fraction of sp³-hybridized carbons (Fsp3) is 0.514. The third kappa shape index (κ3) is 7.54. The van der Waals surface area contributed by atoms with Crippen molar-refractivity contribution < 1.29 is 21.9 Å². The first-order valence-electron chi connectivity index (χ1n) is 15.9. The molecular weight excluding hydrogens is 613 g/mol. The molecule has 1 aromatic carbocycles. The molecule has 0 saturated heterocycles. The lowest BCUT2D eigenvalue weighted by molar-refractivity contribution is -0.0920. The van der Waals surface area contributed by atoms with E-state index in [2.05, 4.69) is 43.8 Å². The van der Waals surface area contributed by atoms with Crippen LogP contribution in [0.5, 0.6) is 0 Å². The lowest BCUT2D eigenvalue weighted by Gasteiger charge is -2.40. The molecule has 3 aliphatic rings. The van der Waals surface area contributed by atoms with Gasteiger partial charge in [0.05, 0.1) is 33.2 Å². The van der Waals surface area contributed by atoms with Gasteiger partial charge in [-0.3, -0.25) is 4.72 Å². The van der Waals surface area contributed by atoms with Crippen LogP contribution in [0.2, 0.25) is 0 Å². The van der Waals surface area contributed by atoms with Crippen LogP contribution in [0, 0.1) is 16.7 Å². The Morgan fingerprint density at radius 3 is 2.76 bits per heavy atom. The largest absolute Gasteiger partial charge is 0.498 e. The Morgan fingerprint density at radius 1 is 1.18 bits per heavy atom. The van der Waals surface area contributed by atoms with E-state index >= 15 is 8.78 Å².